The zero-order chi connectivity index (χ0) is 15.4. The van der Waals surface area contributed by atoms with Crippen molar-refractivity contribution in [3.8, 4) is 0 Å². The smallest absolute Gasteiger partial charge is 0.179 e. The first-order valence-corrected chi connectivity index (χ1v) is 8.41. The van der Waals surface area contributed by atoms with Crippen LogP contribution in [0.15, 0.2) is 18.2 Å². The van der Waals surface area contributed by atoms with Crippen molar-refractivity contribution in [2.75, 3.05) is 6.54 Å². The van der Waals surface area contributed by atoms with Crippen LogP contribution in [0, 0.1) is 13.8 Å². The maximum Gasteiger partial charge on any atom is 0.179 e. The predicted molar refractivity (Wildman–Crippen MR) is 89.0 cm³/mol. The van der Waals surface area contributed by atoms with E-state index in [4.69, 9.17) is 0 Å². The molecule has 21 heavy (non-hydrogen) atoms. The van der Waals surface area contributed by atoms with Gasteiger partial charge in [-0.15, -0.1) is 0 Å². The van der Waals surface area contributed by atoms with Crippen molar-refractivity contribution >= 4 is 5.78 Å². The van der Waals surface area contributed by atoms with Crippen LogP contribution < -0.4 is 0 Å². The number of likely N-dealkylation sites (tertiary alicyclic amines) is 1. The van der Waals surface area contributed by atoms with Crippen molar-refractivity contribution in [1.29, 1.82) is 0 Å². The molecule has 2 unspecified atom stereocenters. The summed E-state index contributed by atoms with van der Waals surface area (Å²) in [4.78, 5) is 15.4. The Labute approximate surface area is 129 Å². The molecule has 0 bridgehead atoms. The Morgan fingerprint density at radius 2 is 2.10 bits per heavy atom. The molecule has 0 saturated carbocycles. The van der Waals surface area contributed by atoms with Crippen molar-refractivity contribution in [2.24, 2.45) is 0 Å². The molecule has 2 nitrogen and oxygen atoms in total. The van der Waals surface area contributed by atoms with Gasteiger partial charge in [0.2, 0.25) is 0 Å². The summed E-state index contributed by atoms with van der Waals surface area (Å²) in [6.45, 7) is 9.51. The summed E-state index contributed by atoms with van der Waals surface area (Å²) < 4.78 is 0. The van der Waals surface area contributed by atoms with Gasteiger partial charge in [0.05, 0.1) is 6.04 Å². The van der Waals surface area contributed by atoms with Gasteiger partial charge in [0, 0.05) is 11.6 Å². The molecule has 1 aromatic carbocycles. The topological polar surface area (TPSA) is 20.3 Å². The summed E-state index contributed by atoms with van der Waals surface area (Å²) in [6, 6.07) is 6.79. The molecule has 2 atom stereocenters. The third-order valence-electron chi connectivity index (χ3n) is 4.83. The standard InChI is InChI=1S/C19H29NO/c1-5-8-17-9-6-7-12-20(17)16(4)19(21)18-13-14(2)10-11-15(18)3/h10-11,13,16-17H,5-9,12H2,1-4H3. The van der Waals surface area contributed by atoms with E-state index < -0.39 is 0 Å². The largest absolute Gasteiger partial charge is 0.292 e. The lowest BCUT2D eigenvalue weighted by atomic mass is 9.92. The molecule has 2 rings (SSSR count). The lowest BCUT2D eigenvalue weighted by molar-refractivity contribution is 0.0649. The van der Waals surface area contributed by atoms with E-state index in [2.05, 4.69) is 37.8 Å². The van der Waals surface area contributed by atoms with Crippen LogP contribution >= 0.6 is 0 Å². The lowest BCUT2D eigenvalue weighted by Crippen LogP contribution is -2.48. The average molecular weight is 287 g/mol. The maximum absolute atomic E-state index is 12.9. The lowest BCUT2D eigenvalue weighted by Gasteiger charge is -2.39. The van der Waals surface area contributed by atoms with E-state index in [9.17, 15) is 4.79 Å². The Kier molecular flexibility index (Phi) is 5.58. The molecule has 116 valence electrons. The van der Waals surface area contributed by atoms with Crippen LogP contribution in [0.4, 0.5) is 0 Å². The highest BCUT2D eigenvalue weighted by atomic mass is 16.1. The Bertz CT molecular complexity index is 492. The molecule has 1 saturated heterocycles. The van der Waals surface area contributed by atoms with E-state index in [0.717, 1.165) is 17.7 Å². The van der Waals surface area contributed by atoms with E-state index in [1.54, 1.807) is 0 Å². The number of nitrogens with zero attached hydrogens (tertiary/aromatic N) is 1. The summed E-state index contributed by atoms with van der Waals surface area (Å²) in [7, 11) is 0. The second kappa shape index (κ2) is 7.22. The normalized spacial score (nSPS) is 21.2. The summed E-state index contributed by atoms with van der Waals surface area (Å²) in [5, 5.41) is 0. The van der Waals surface area contributed by atoms with Crippen LogP contribution in [0.1, 0.15) is 67.4 Å². The predicted octanol–water partition coefficient (Wildman–Crippen LogP) is 4.53. The molecule has 0 amide bonds. The number of rotatable bonds is 5. The molecule has 1 aliphatic rings. The molecule has 1 fully saturated rings. The average Bonchev–Trinajstić information content (AvgIpc) is 2.49. The van der Waals surface area contributed by atoms with Gasteiger partial charge in [-0.1, -0.05) is 37.5 Å². The molecule has 0 aliphatic carbocycles. The Hall–Kier alpha value is -1.15. The molecular formula is C19H29NO. The molecule has 1 aliphatic heterocycles. The van der Waals surface area contributed by atoms with Gasteiger partial charge in [0.1, 0.15) is 0 Å². The van der Waals surface area contributed by atoms with Crippen LogP contribution in [0.25, 0.3) is 0 Å². The highest BCUT2D eigenvalue weighted by Gasteiger charge is 2.30. The third kappa shape index (κ3) is 3.74. The minimum absolute atomic E-state index is 0.00218. The van der Waals surface area contributed by atoms with Gasteiger partial charge in [-0.3, -0.25) is 9.69 Å². The van der Waals surface area contributed by atoms with E-state index in [1.807, 2.05) is 13.0 Å². The first kappa shape index (κ1) is 16.2. The summed E-state index contributed by atoms with van der Waals surface area (Å²) in [5.41, 5.74) is 3.17. The Morgan fingerprint density at radius 1 is 1.33 bits per heavy atom. The van der Waals surface area contributed by atoms with E-state index >= 15 is 0 Å². The van der Waals surface area contributed by atoms with Gasteiger partial charge in [0.15, 0.2) is 5.78 Å². The van der Waals surface area contributed by atoms with Crippen LogP contribution in [0.2, 0.25) is 0 Å². The third-order valence-corrected chi connectivity index (χ3v) is 4.83. The SMILES string of the molecule is CCCC1CCCCN1C(C)C(=O)c1cc(C)ccc1C. The minimum Gasteiger partial charge on any atom is -0.292 e. The van der Waals surface area contributed by atoms with E-state index in [0.29, 0.717) is 11.8 Å². The number of ketones is 1. The number of benzene rings is 1. The van der Waals surface area contributed by atoms with Gasteiger partial charge < -0.3 is 0 Å². The molecular weight excluding hydrogens is 258 g/mol. The highest BCUT2D eigenvalue weighted by Crippen LogP contribution is 2.25. The monoisotopic (exact) mass is 287 g/mol. The number of Topliss-reactive ketones (excluding diaryl/α,β-unsaturated/α-hetero) is 1. The zero-order valence-electron chi connectivity index (χ0n) is 14.0. The van der Waals surface area contributed by atoms with Crippen molar-refractivity contribution in [2.45, 2.75) is 71.9 Å². The van der Waals surface area contributed by atoms with Crippen molar-refractivity contribution in [3.63, 3.8) is 0 Å². The molecule has 2 heteroatoms. The number of aryl methyl sites for hydroxylation is 2. The van der Waals surface area contributed by atoms with Gasteiger partial charge in [0.25, 0.3) is 0 Å². The summed E-state index contributed by atoms with van der Waals surface area (Å²) >= 11 is 0. The second-order valence-corrected chi connectivity index (χ2v) is 6.53. The highest BCUT2D eigenvalue weighted by molar-refractivity contribution is 6.01. The van der Waals surface area contributed by atoms with Crippen LogP contribution in [-0.2, 0) is 0 Å². The summed E-state index contributed by atoms with van der Waals surface area (Å²) in [6.07, 6.45) is 6.20. The van der Waals surface area contributed by atoms with Crippen LogP contribution in [0.3, 0.4) is 0 Å². The number of hydrogen-bond acceptors (Lipinski definition) is 2. The molecule has 0 radical (unpaired) electrons. The molecule has 1 heterocycles. The second-order valence-electron chi connectivity index (χ2n) is 6.53. The van der Waals surface area contributed by atoms with Gasteiger partial charge in [-0.2, -0.15) is 0 Å². The quantitative estimate of drug-likeness (QED) is 0.742. The minimum atomic E-state index is 0.00218. The first-order valence-electron chi connectivity index (χ1n) is 8.41. The first-order chi connectivity index (χ1) is 10.0. The molecule has 0 spiro atoms. The van der Waals surface area contributed by atoms with Crippen LogP contribution in [0.5, 0.6) is 0 Å². The molecule has 1 aromatic rings. The fraction of sp³-hybridized carbons (Fsp3) is 0.632. The Balaban J connectivity index is 2.19. The number of carbonyl (C=O) groups excluding carboxylic acids is 1. The Morgan fingerprint density at radius 3 is 2.81 bits per heavy atom. The van der Waals surface area contributed by atoms with Gasteiger partial charge in [-0.25, -0.2) is 0 Å². The van der Waals surface area contributed by atoms with E-state index in [1.165, 1.54) is 37.7 Å². The number of carbonyl (C=O) groups is 1. The number of piperidine rings is 1. The van der Waals surface area contributed by atoms with Gasteiger partial charge in [-0.05, 0) is 58.2 Å². The van der Waals surface area contributed by atoms with E-state index in [-0.39, 0.29) is 6.04 Å². The molecule has 0 N–H and O–H groups in total. The van der Waals surface area contributed by atoms with Crippen LogP contribution in [-0.4, -0.2) is 29.3 Å². The molecule has 0 aromatic heterocycles. The fourth-order valence-electron chi connectivity index (χ4n) is 3.55. The maximum atomic E-state index is 12.9. The van der Waals surface area contributed by atoms with Gasteiger partial charge >= 0.3 is 0 Å². The van der Waals surface area contributed by atoms with Crippen molar-refractivity contribution in [1.82, 2.24) is 4.90 Å². The summed E-state index contributed by atoms with van der Waals surface area (Å²) in [5.74, 6) is 0.291. The fourth-order valence-corrected chi connectivity index (χ4v) is 3.55. The van der Waals surface area contributed by atoms with Crippen molar-refractivity contribution < 1.29 is 4.79 Å². The number of hydrogen-bond donors (Lipinski definition) is 0. The van der Waals surface area contributed by atoms with Crippen molar-refractivity contribution in [3.05, 3.63) is 34.9 Å². The zero-order valence-corrected chi connectivity index (χ0v) is 14.0.